The van der Waals surface area contributed by atoms with Gasteiger partial charge in [-0.1, -0.05) is 13.8 Å². The summed E-state index contributed by atoms with van der Waals surface area (Å²) >= 11 is 0. The lowest BCUT2D eigenvalue weighted by Gasteiger charge is -2.48. The Kier molecular flexibility index (Phi) is 8.57. The number of rotatable bonds is 10. The third-order valence-electron chi connectivity index (χ3n) is 4.83. The molecular formula is C15H29N3O6. The molecule has 9 nitrogen and oxygen atoms in total. The molecule has 0 aromatic heterocycles. The number of aliphatic carboxylic acids is 2. The molecule has 0 spiro atoms. The summed E-state index contributed by atoms with van der Waals surface area (Å²) in [5.41, 5.74) is 0. The van der Waals surface area contributed by atoms with E-state index in [1.165, 1.54) is 0 Å². The van der Waals surface area contributed by atoms with Gasteiger partial charge in [0.1, 0.15) is 0 Å². The SMILES string of the molecule is CC1C(CNCCO)C(O)C(NCC(=O)O)C(C)C1NCC(=O)O. The second-order valence-corrected chi connectivity index (χ2v) is 6.40. The normalized spacial score (nSPS) is 33.3. The number of nitrogens with one attached hydrogen (secondary N) is 3. The largest absolute Gasteiger partial charge is 0.480 e. The van der Waals surface area contributed by atoms with Crippen molar-refractivity contribution in [2.75, 3.05) is 32.8 Å². The number of aliphatic hydroxyl groups is 2. The Morgan fingerprint density at radius 2 is 1.50 bits per heavy atom. The Morgan fingerprint density at radius 3 is 2.00 bits per heavy atom. The van der Waals surface area contributed by atoms with Gasteiger partial charge in [0.15, 0.2) is 0 Å². The molecule has 1 fully saturated rings. The topological polar surface area (TPSA) is 151 Å². The fourth-order valence-corrected chi connectivity index (χ4v) is 3.60. The van der Waals surface area contributed by atoms with E-state index in [0.717, 1.165) is 0 Å². The van der Waals surface area contributed by atoms with E-state index in [2.05, 4.69) is 16.0 Å². The molecule has 0 bridgehead atoms. The van der Waals surface area contributed by atoms with Crippen molar-refractivity contribution in [3.8, 4) is 0 Å². The van der Waals surface area contributed by atoms with Crippen molar-refractivity contribution in [3.63, 3.8) is 0 Å². The first kappa shape index (κ1) is 20.8. The zero-order chi connectivity index (χ0) is 18.3. The first-order valence-electron chi connectivity index (χ1n) is 8.19. The van der Waals surface area contributed by atoms with Gasteiger partial charge in [0, 0.05) is 31.1 Å². The van der Waals surface area contributed by atoms with Crippen LogP contribution in [0.25, 0.3) is 0 Å². The highest BCUT2D eigenvalue weighted by Gasteiger charge is 2.46. The van der Waals surface area contributed by atoms with Crippen molar-refractivity contribution >= 4 is 11.9 Å². The molecule has 0 aromatic rings. The van der Waals surface area contributed by atoms with Crippen molar-refractivity contribution in [1.29, 1.82) is 0 Å². The van der Waals surface area contributed by atoms with Crippen molar-refractivity contribution in [2.45, 2.75) is 32.0 Å². The Bertz CT molecular complexity index is 390. The molecule has 6 atom stereocenters. The summed E-state index contributed by atoms with van der Waals surface area (Å²) in [5.74, 6) is -2.36. The zero-order valence-corrected chi connectivity index (χ0v) is 14.1. The van der Waals surface area contributed by atoms with E-state index in [1.807, 2.05) is 13.8 Å². The highest BCUT2D eigenvalue weighted by molar-refractivity contribution is 5.69. The first-order chi connectivity index (χ1) is 11.3. The van der Waals surface area contributed by atoms with Crippen LogP contribution in [0.15, 0.2) is 0 Å². The van der Waals surface area contributed by atoms with Crippen LogP contribution in [0.4, 0.5) is 0 Å². The van der Waals surface area contributed by atoms with Crippen molar-refractivity contribution in [1.82, 2.24) is 16.0 Å². The summed E-state index contributed by atoms with van der Waals surface area (Å²) in [6, 6.07) is -0.652. The standard InChI is InChI=1S/C15H29N3O6/c1-8-10(5-16-3-4-19)15(24)14(18-7-12(22)23)9(2)13(8)17-6-11(20)21/h8-10,13-19,24H,3-7H2,1-2H3,(H,20,21)(H,22,23). The van der Waals surface area contributed by atoms with E-state index >= 15 is 0 Å². The molecule has 1 aliphatic carbocycles. The fraction of sp³-hybridized carbons (Fsp3) is 0.867. The number of hydrogen-bond donors (Lipinski definition) is 7. The molecule has 0 aromatic carbocycles. The third-order valence-corrected chi connectivity index (χ3v) is 4.83. The molecule has 1 saturated carbocycles. The minimum atomic E-state index is -1.02. The van der Waals surface area contributed by atoms with Gasteiger partial charge in [-0.2, -0.15) is 0 Å². The smallest absolute Gasteiger partial charge is 0.317 e. The summed E-state index contributed by atoms with van der Waals surface area (Å²) in [6.07, 6.45) is -0.775. The molecule has 140 valence electrons. The number of aliphatic hydroxyl groups excluding tert-OH is 2. The van der Waals surface area contributed by atoms with E-state index in [0.29, 0.717) is 13.1 Å². The van der Waals surface area contributed by atoms with Crippen LogP contribution in [-0.4, -0.2) is 83.3 Å². The van der Waals surface area contributed by atoms with Crippen LogP contribution < -0.4 is 16.0 Å². The lowest BCUT2D eigenvalue weighted by Crippen LogP contribution is -2.64. The van der Waals surface area contributed by atoms with Gasteiger partial charge in [0.25, 0.3) is 0 Å². The third kappa shape index (κ3) is 5.67. The zero-order valence-electron chi connectivity index (χ0n) is 14.1. The predicted molar refractivity (Wildman–Crippen MR) is 86.6 cm³/mol. The van der Waals surface area contributed by atoms with Crippen molar-refractivity contribution in [2.24, 2.45) is 17.8 Å². The molecule has 0 saturated heterocycles. The molecule has 24 heavy (non-hydrogen) atoms. The number of hydrogen-bond acceptors (Lipinski definition) is 7. The first-order valence-corrected chi connectivity index (χ1v) is 8.19. The molecule has 1 rings (SSSR count). The lowest BCUT2D eigenvalue weighted by atomic mass is 9.67. The molecule has 0 radical (unpaired) electrons. The van der Waals surface area contributed by atoms with Gasteiger partial charge >= 0.3 is 11.9 Å². The summed E-state index contributed by atoms with van der Waals surface area (Å²) in [7, 11) is 0. The van der Waals surface area contributed by atoms with Crippen LogP contribution >= 0.6 is 0 Å². The number of carboxylic acid groups (broad SMARTS) is 2. The van der Waals surface area contributed by atoms with Gasteiger partial charge in [-0.05, 0) is 11.8 Å². The van der Waals surface area contributed by atoms with Gasteiger partial charge in [-0.25, -0.2) is 0 Å². The molecule has 0 aliphatic heterocycles. The second kappa shape index (κ2) is 9.90. The quantitative estimate of drug-likeness (QED) is 0.221. The summed E-state index contributed by atoms with van der Waals surface area (Å²) in [4.78, 5) is 21.7. The van der Waals surface area contributed by atoms with Gasteiger partial charge in [0.2, 0.25) is 0 Å². The Hall–Kier alpha value is -1.26. The van der Waals surface area contributed by atoms with E-state index < -0.39 is 24.1 Å². The second-order valence-electron chi connectivity index (χ2n) is 6.40. The van der Waals surface area contributed by atoms with E-state index in [9.17, 15) is 14.7 Å². The van der Waals surface area contributed by atoms with Gasteiger partial charge < -0.3 is 36.4 Å². The van der Waals surface area contributed by atoms with Gasteiger partial charge in [0.05, 0.1) is 25.8 Å². The van der Waals surface area contributed by atoms with E-state index in [4.69, 9.17) is 15.3 Å². The lowest BCUT2D eigenvalue weighted by molar-refractivity contribution is -0.137. The molecule has 7 N–H and O–H groups in total. The molecule has 6 unspecified atom stereocenters. The van der Waals surface area contributed by atoms with Crippen LogP contribution in [0, 0.1) is 17.8 Å². The fourth-order valence-electron chi connectivity index (χ4n) is 3.60. The molecule has 0 heterocycles. The predicted octanol–water partition coefficient (Wildman–Crippen LogP) is -2.08. The van der Waals surface area contributed by atoms with E-state index in [-0.39, 0.29) is 43.5 Å². The molecular weight excluding hydrogens is 318 g/mol. The summed E-state index contributed by atoms with van der Waals surface area (Å²) in [6.45, 7) is 4.17. The van der Waals surface area contributed by atoms with Crippen LogP contribution in [0.3, 0.4) is 0 Å². The maximum absolute atomic E-state index is 10.9. The van der Waals surface area contributed by atoms with E-state index in [1.54, 1.807) is 0 Å². The van der Waals surface area contributed by atoms with Crippen molar-refractivity contribution in [3.05, 3.63) is 0 Å². The number of carboxylic acids is 2. The Morgan fingerprint density at radius 1 is 0.958 bits per heavy atom. The average Bonchev–Trinajstić information content (AvgIpc) is 2.49. The van der Waals surface area contributed by atoms with Crippen LogP contribution in [-0.2, 0) is 9.59 Å². The average molecular weight is 347 g/mol. The van der Waals surface area contributed by atoms with Gasteiger partial charge in [-0.3, -0.25) is 9.59 Å². The Labute approximate surface area is 141 Å². The minimum Gasteiger partial charge on any atom is -0.480 e. The van der Waals surface area contributed by atoms with Crippen LogP contribution in [0.1, 0.15) is 13.8 Å². The maximum atomic E-state index is 10.9. The highest BCUT2D eigenvalue weighted by Crippen LogP contribution is 2.34. The molecule has 0 amide bonds. The highest BCUT2D eigenvalue weighted by atomic mass is 16.4. The maximum Gasteiger partial charge on any atom is 0.317 e. The number of carbonyl (C=O) groups is 2. The Balaban J connectivity index is 2.88. The molecule has 9 heteroatoms. The molecule has 1 aliphatic rings. The van der Waals surface area contributed by atoms with Crippen LogP contribution in [0.2, 0.25) is 0 Å². The summed E-state index contributed by atoms with van der Waals surface area (Å²) < 4.78 is 0. The van der Waals surface area contributed by atoms with Gasteiger partial charge in [-0.15, -0.1) is 0 Å². The summed E-state index contributed by atoms with van der Waals surface area (Å²) in [5, 5.41) is 46.3. The minimum absolute atomic E-state index is 0.0189. The monoisotopic (exact) mass is 347 g/mol. The van der Waals surface area contributed by atoms with Crippen LogP contribution in [0.5, 0.6) is 0 Å². The van der Waals surface area contributed by atoms with Crippen molar-refractivity contribution < 1.29 is 30.0 Å².